The molecule has 0 amide bonds. The number of ether oxygens (including phenoxy) is 2. The van der Waals surface area contributed by atoms with E-state index in [-0.39, 0.29) is 5.97 Å². The molecule has 0 radical (unpaired) electrons. The molecule has 2 N–H and O–H groups in total. The molecule has 0 fully saturated rings. The molecule has 2 aromatic rings. The maximum Gasteiger partial charge on any atom is 0.337 e. The Morgan fingerprint density at radius 1 is 1.04 bits per heavy atom. The minimum atomic E-state index is -0.321. The summed E-state index contributed by atoms with van der Waals surface area (Å²) >= 11 is 0. The second-order valence-electron chi connectivity index (χ2n) is 5.91. The lowest BCUT2D eigenvalue weighted by Crippen LogP contribution is -2.38. The summed E-state index contributed by atoms with van der Waals surface area (Å²) in [6.45, 7) is 4.13. The van der Waals surface area contributed by atoms with Crippen molar-refractivity contribution in [3.05, 3.63) is 65.2 Å². The predicted molar refractivity (Wildman–Crippen MR) is 107 cm³/mol. The van der Waals surface area contributed by atoms with E-state index in [1.165, 1.54) is 7.11 Å². The van der Waals surface area contributed by atoms with Crippen molar-refractivity contribution < 1.29 is 14.3 Å². The molecule has 0 aromatic heterocycles. The van der Waals surface area contributed by atoms with Crippen molar-refractivity contribution in [1.29, 1.82) is 0 Å². The molecule has 0 bridgehead atoms. The second-order valence-corrected chi connectivity index (χ2v) is 5.91. The van der Waals surface area contributed by atoms with Crippen LogP contribution in [-0.2, 0) is 17.7 Å². The number of hydrogen-bond acceptors (Lipinski definition) is 4. The van der Waals surface area contributed by atoms with Crippen LogP contribution in [0.1, 0.15) is 28.4 Å². The maximum atomic E-state index is 11.5. The normalized spacial score (nSPS) is 11.0. The van der Waals surface area contributed by atoms with Gasteiger partial charge >= 0.3 is 5.97 Å². The fraction of sp³-hybridized carbons (Fsp3) is 0.333. The van der Waals surface area contributed by atoms with Crippen molar-refractivity contribution >= 4 is 11.9 Å². The van der Waals surface area contributed by atoms with Gasteiger partial charge in [-0.05, 0) is 48.7 Å². The molecular weight excluding hydrogens is 342 g/mol. The molecule has 6 heteroatoms. The first kappa shape index (κ1) is 20.3. The van der Waals surface area contributed by atoms with Gasteiger partial charge in [0.1, 0.15) is 5.75 Å². The zero-order valence-electron chi connectivity index (χ0n) is 16.1. The van der Waals surface area contributed by atoms with E-state index < -0.39 is 0 Å². The third-order valence-electron chi connectivity index (χ3n) is 3.98. The van der Waals surface area contributed by atoms with Crippen molar-refractivity contribution in [2.75, 3.05) is 27.3 Å². The molecule has 0 aliphatic rings. The molecule has 0 heterocycles. The molecule has 27 heavy (non-hydrogen) atoms. The highest BCUT2D eigenvalue weighted by Crippen LogP contribution is 2.13. The Bertz CT molecular complexity index is 758. The van der Waals surface area contributed by atoms with E-state index in [9.17, 15) is 4.79 Å². The first-order chi connectivity index (χ1) is 13.2. The largest absolute Gasteiger partial charge is 0.497 e. The Morgan fingerprint density at radius 2 is 1.81 bits per heavy atom. The first-order valence-electron chi connectivity index (χ1n) is 8.98. The summed E-state index contributed by atoms with van der Waals surface area (Å²) in [6, 6.07) is 15.3. The molecular formula is C21H27N3O3. The number of guanidine groups is 1. The fourth-order valence-corrected chi connectivity index (χ4v) is 2.53. The number of aliphatic imine (C=N–C) groups is 1. The number of hydrogen-bond donors (Lipinski definition) is 2. The zero-order chi connectivity index (χ0) is 19.5. The molecule has 2 rings (SSSR count). The smallest absolute Gasteiger partial charge is 0.337 e. The van der Waals surface area contributed by atoms with Crippen molar-refractivity contribution in [1.82, 2.24) is 10.6 Å². The number of esters is 1. The Hall–Kier alpha value is -3.02. The van der Waals surface area contributed by atoms with Gasteiger partial charge in [0.25, 0.3) is 0 Å². The minimum Gasteiger partial charge on any atom is -0.497 e. The number of nitrogens with zero attached hydrogens (tertiary/aromatic N) is 1. The van der Waals surface area contributed by atoms with Crippen LogP contribution in [0, 0.1) is 0 Å². The standard InChI is InChI=1S/C21H27N3O3/c1-4-22-21(24-15-17-6-5-7-19(14-17)26-2)23-13-12-16-8-10-18(11-9-16)20(25)27-3/h5-11,14H,4,12-13,15H2,1-3H3,(H2,22,23,24). The van der Waals surface area contributed by atoms with Gasteiger partial charge in [-0.1, -0.05) is 24.3 Å². The summed E-state index contributed by atoms with van der Waals surface area (Å²) in [4.78, 5) is 16.1. The van der Waals surface area contributed by atoms with Crippen molar-refractivity contribution in [2.24, 2.45) is 4.99 Å². The second kappa shape index (κ2) is 10.9. The summed E-state index contributed by atoms with van der Waals surface area (Å²) in [5.41, 5.74) is 2.78. The van der Waals surface area contributed by atoms with E-state index in [0.717, 1.165) is 42.3 Å². The lowest BCUT2D eigenvalue weighted by molar-refractivity contribution is 0.0600. The fourth-order valence-electron chi connectivity index (χ4n) is 2.53. The van der Waals surface area contributed by atoms with Crippen molar-refractivity contribution in [3.8, 4) is 5.75 Å². The van der Waals surface area contributed by atoms with E-state index in [4.69, 9.17) is 9.47 Å². The molecule has 0 saturated heterocycles. The average molecular weight is 369 g/mol. The summed E-state index contributed by atoms with van der Waals surface area (Å²) in [5, 5.41) is 6.58. The predicted octanol–water partition coefficient (Wildman–Crippen LogP) is 2.78. The molecule has 0 atom stereocenters. The SMILES string of the molecule is CCNC(=NCc1cccc(OC)c1)NCCc1ccc(C(=O)OC)cc1. The summed E-state index contributed by atoms with van der Waals surface area (Å²) in [7, 11) is 3.04. The van der Waals surface area contributed by atoms with E-state index >= 15 is 0 Å². The molecule has 2 aromatic carbocycles. The van der Waals surface area contributed by atoms with Gasteiger partial charge in [0.15, 0.2) is 5.96 Å². The van der Waals surface area contributed by atoms with Crippen molar-refractivity contribution in [2.45, 2.75) is 19.9 Å². The molecule has 0 saturated carbocycles. The third kappa shape index (κ3) is 6.66. The van der Waals surface area contributed by atoms with E-state index in [1.807, 2.05) is 43.3 Å². The lowest BCUT2D eigenvalue weighted by atomic mass is 10.1. The number of rotatable bonds is 8. The van der Waals surface area contributed by atoms with Crippen LogP contribution in [0.3, 0.4) is 0 Å². The van der Waals surface area contributed by atoms with Crippen LogP contribution in [0.5, 0.6) is 5.75 Å². The number of methoxy groups -OCH3 is 2. The van der Waals surface area contributed by atoms with E-state index in [0.29, 0.717) is 12.1 Å². The van der Waals surface area contributed by atoms with Gasteiger partial charge in [-0.25, -0.2) is 9.79 Å². The molecule has 6 nitrogen and oxygen atoms in total. The Balaban J connectivity index is 1.88. The van der Waals surface area contributed by atoms with Crippen LogP contribution < -0.4 is 15.4 Å². The third-order valence-corrected chi connectivity index (χ3v) is 3.98. The highest BCUT2D eigenvalue weighted by atomic mass is 16.5. The summed E-state index contributed by atoms with van der Waals surface area (Å²) < 4.78 is 9.96. The highest BCUT2D eigenvalue weighted by molar-refractivity contribution is 5.89. The number of carbonyl (C=O) groups is 1. The van der Waals surface area contributed by atoms with Gasteiger partial charge in [0, 0.05) is 13.1 Å². The topological polar surface area (TPSA) is 72.0 Å². The highest BCUT2D eigenvalue weighted by Gasteiger charge is 2.04. The number of nitrogens with one attached hydrogen (secondary N) is 2. The van der Waals surface area contributed by atoms with Gasteiger partial charge < -0.3 is 20.1 Å². The molecule has 144 valence electrons. The van der Waals surface area contributed by atoms with Gasteiger partial charge in [-0.3, -0.25) is 0 Å². The lowest BCUT2D eigenvalue weighted by Gasteiger charge is -2.12. The van der Waals surface area contributed by atoms with E-state index in [2.05, 4.69) is 15.6 Å². The summed E-state index contributed by atoms with van der Waals surface area (Å²) in [6.07, 6.45) is 0.824. The monoisotopic (exact) mass is 369 g/mol. The average Bonchev–Trinajstić information content (AvgIpc) is 2.72. The van der Waals surface area contributed by atoms with Crippen LogP contribution >= 0.6 is 0 Å². The minimum absolute atomic E-state index is 0.321. The van der Waals surface area contributed by atoms with Crippen LogP contribution in [0.2, 0.25) is 0 Å². The maximum absolute atomic E-state index is 11.5. The Kier molecular flexibility index (Phi) is 8.16. The Labute approximate surface area is 160 Å². The number of benzene rings is 2. The molecule has 0 spiro atoms. The van der Waals surface area contributed by atoms with Crippen LogP contribution in [-0.4, -0.2) is 39.2 Å². The molecule has 0 aliphatic carbocycles. The quantitative estimate of drug-likeness (QED) is 0.425. The van der Waals surface area contributed by atoms with Gasteiger partial charge in [0.05, 0.1) is 26.3 Å². The van der Waals surface area contributed by atoms with E-state index in [1.54, 1.807) is 19.2 Å². The van der Waals surface area contributed by atoms with Crippen molar-refractivity contribution in [3.63, 3.8) is 0 Å². The van der Waals surface area contributed by atoms with Gasteiger partial charge in [0.2, 0.25) is 0 Å². The van der Waals surface area contributed by atoms with Gasteiger partial charge in [-0.15, -0.1) is 0 Å². The first-order valence-corrected chi connectivity index (χ1v) is 8.98. The van der Waals surface area contributed by atoms with Crippen LogP contribution in [0.25, 0.3) is 0 Å². The molecule has 0 unspecified atom stereocenters. The van der Waals surface area contributed by atoms with Crippen LogP contribution in [0.15, 0.2) is 53.5 Å². The molecule has 0 aliphatic heterocycles. The summed E-state index contributed by atoms with van der Waals surface area (Å²) in [5.74, 6) is 1.28. The van der Waals surface area contributed by atoms with Crippen LogP contribution in [0.4, 0.5) is 0 Å². The Morgan fingerprint density at radius 3 is 2.48 bits per heavy atom. The van der Waals surface area contributed by atoms with Gasteiger partial charge in [-0.2, -0.15) is 0 Å². The number of carbonyl (C=O) groups excluding carboxylic acids is 1. The zero-order valence-corrected chi connectivity index (χ0v) is 16.1.